The quantitative estimate of drug-likeness (QED) is 0.401. The van der Waals surface area contributed by atoms with Gasteiger partial charge in [0.05, 0.1) is 24.8 Å². The molecule has 3 rings (SSSR count). The minimum atomic E-state index is -0.603. The molecule has 202 valence electrons. The van der Waals surface area contributed by atoms with Gasteiger partial charge in [-0.3, -0.25) is 9.59 Å². The summed E-state index contributed by atoms with van der Waals surface area (Å²) in [6.45, 7) is 6.38. The molecule has 2 amide bonds. The molecule has 0 bridgehead atoms. The molecule has 2 atom stereocenters. The fraction of sp³-hybridized carbons (Fsp3) is 0.533. The fourth-order valence-corrected chi connectivity index (χ4v) is 4.55. The Hall–Kier alpha value is -3.06. The molecule has 0 saturated heterocycles. The molecule has 2 aromatic carbocycles. The van der Waals surface area contributed by atoms with Gasteiger partial charge in [0.2, 0.25) is 5.91 Å². The first-order valence-electron chi connectivity index (χ1n) is 13.3. The first kappa shape index (κ1) is 28.5. The van der Waals surface area contributed by atoms with Crippen LogP contribution >= 0.6 is 0 Å². The normalized spacial score (nSPS) is 16.0. The SMILES string of the molecule is COc1ccc(CC(OCC2CCCCC2)C(CNC(=O)c2ccccc2O)NC(=O)C(C)(C)C)cc1. The van der Waals surface area contributed by atoms with Crippen LogP contribution in [0.25, 0.3) is 0 Å². The predicted octanol–water partition coefficient (Wildman–Crippen LogP) is 4.87. The van der Waals surface area contributed by atoms with E-state index in [4.69, 9.17) is 9.47 Å². The summed E-state index contributed by atoms with van der Waals surface area (Å²) in [5.41, 5.74) is 0.642. The summed E-state index contributed by atoms with van der Waals surface area (Å²) in [4.78, 5) is 25.9. The average molecular weight is 511 g/mol. The van der Waals surface area contributed by atoms with E-state index in [2.05, 4.69) is 10.6 Å². The number of methoxy groups -OCH3 is 1. The molecule has 0 heterocycles. The summed E-state index contributed by atoms with van der Waals surface area (Å²) in [5, 5.41) is 16.2. The van der Waals surface area contributed by atoms with Crippen molar-refractivity contribution < 1.29 is 24.2 Å². The van der Waals surface area contributed by atoms with Crippen molar-refractivity contribution in [3.63, 3.8) is 0 Å². The zero-order valence-electron chi connectivity index (χ0n) is 22.6. The Bertz CT molecular complexity index is 1010. The van der Waals surface area contributed by atoms with Crippen LogP contribution in [0.3, 0.4) is 0 Å². The Labute approximate surface area is 220 Å². The van der Waals surface area contributed by atoms with Crippen LogP contribution < -0.4 is 15.4 Å². The van der Waals surface area contributed by atoms with Crippen molar-refractivity contribution in [3.05, 3.63) is 59.7 Å². The second kappa shape index (κ2) is 13.5. The number of benzene rings is 2. The zero-order chi connectivity index (χ0) is 26.8. The van der Waals surface area contributed by atoms with E-state index in [1.54, 1.807) is 25.3 Å². The second-order valence-electron chi connectivity index (χ2n) is 11.0. The lowest BCUT2D eigenvalue weighted by atomic mass is 9.90. The minimum Gasteiger partial charge on any atom is -0.507 e. The van der Waals surface area contributed by atoms with Crippen molar-refractivity contribution in [2.75, 3.05) is 20.3 Å². The van der Waals surface area contributed by atoms with Gasteiger partial charge in [-0.05, 0) is 48.6 Å². The molecule has 0 spiro atoms. The number of nitrogens with one attached hydrogen (secondary N) is 2. The maximum absolute atomic E-state index is 13.1. The average Bonchev–Trinajstić information content (AvgIpc) is 2.89. The van der Waals surface area contributed by atoms with Gasteiger partial charge < -0.3 is 25.2 Å². The largest absolute Gasteiger partial charge is 0.507 e. The van der Waals surface area contributed by atoms with Crippen LogP contribution in [0.4, 0.5) is 0 Å². The highest BCUT2D eigenvalue weighted by atomic mass is 16.5. The molecule has 1 fully saturated rings. The van der Waals surface area contributed by atoms with Crippen LogP contribution in [0, 0.1) is 11.3 Å². The second-order valence-corrected chi connectivity index (χ2v) is 11.0. The third-order valence-corrected chi connectivity index (χ3v) is 6.94. The van der Waals surface area contributed by atoms with Crippen LogP contribution in [0.5, 0.6) is 11.5 Å². The van der Waals surface area contributed by atoms with E-state index < -0.39 is 17.4 Å². The molecule has 1 saturated carbocycles. The summed E-state index contributed by atoms with van der Waals surface area (Å²) >= 11 is 0. The van der Waals surface area contributed by atoms with Crippen LogP contribution in [-0.2, 0) is 16.0 Å². The topological polar surface area (TPSA) is 96.9 Å². The molecule has 7 nitrogen and oxygen atoms in total. The van der Waals surface area contributed by atoms with E-state index >= 15 is 0 Å². The number of ether oxygens (including phenoxy) is 2. The molecule has 0 aromatic heterocycles. The third-order valence-electron chi connectivity index (χ3n) is 6.94. The van der Waals surface area contributed by atoms with Gasteiger partial charge in [0.1, 0.15) is 11.5 Å². The molecule has 37 heavy (non-hydrogen) atoms. The van der Waals surface area contributed by atoms with Crippen molar-refractivity contribution in [2.45, 2.75) is 71.4 Å². The molecular weight excluding hydrogens is 468 g/mol. The summed E-state index contributed by atoms with van der Waals surface area (Å²) in [6.07, 6.45) is 6.23. The maximum atomic E-state index is 13.1. The molecule has 0 aliphatic heterocycles. The number of carbonyl (C=O) groups is 2. The van der Waals surface area contributed by atoms with Gasteiger partial charge in [0.15, 0.2) is 0 Å². The number of hydrogen-bond donors (Lipinski definition) is 3. The summed E-state index contributed by atoms with van der Waals surface area (Å²) in [7, 11) is 1.64. The van der Waals surface area contributed by atoms with Crippen molar-refractivity contribution in [1.82, 2.24) is 10.6 Å². The first-order chi connectivity index (χ1) is 17.7. The third kappa shape index (κ3) is 8.78. The van der Waals surface area contributed by atoms with Gasteiger partial charge in [0.25, 0.3) is 5.91 Å². The molecule has 3 N–H and O–H groups in total. The lowest BCUT2D eigenvalue weighted by molar-refractivity contribution is -0.130. The summed E-state index contributed by atoms with van der Waals surface area (Å²) in [5.74, 6) is 0.676. The molecule has 1 aliphatic carbocycles. The molecule has 2 aromatic rings. The molecule has 2 unspecified atom stereocenters. The number of aromatic hydroxyl groups is 1. The maximum Gasteiger partial charge on any atom is 0.255 e. The number of carbonyl (C=O) groups excluding carboxylic acids is 2. The highest BCUT2D eigenvalue weighted by Gasteiger charge is 2.31. The molecule has 1 aliphatic rings. The van der Waals surface area contributed by atoms with Crippen molar-refractivity contribution in [1.29, 1.82) is 0 Å². The van der Waals surface area contributed by atoms with Gasteiger partial charge in [0, 0.05) is 25.0 Å². The number of amides is 2. The smallest absolute Gasteiger partial charge is 0.255 e. The Morgan fingerprint density at radius 3 is 2.32 bits per heavy atom. The van der Waals surface area contributed by atoms with E-state index in [0.717, 1.165) is 24.2 Å². The van der Waals surface area contributed by atoms with Gasteiger partial charge in [-0.1, -0.05) is 64.3 Å². The van der Waals surface area contributed by atoms with Crippen LogP contribution in [-0.4, -0.2) is 49.3 Å². The van der Waals surface area contributed by atoms with E-state index in [1.165, 1.54) is 25.3 Å². The van der Waals surface area contributed by atoms with Gasteiger partial charge >= 0.3 is 0 Å². The number of phenols is 1. The summed E-state index contributed by atoms with van der Waals surface area (Å²) < 4.78 is 11.8. The van der Waals surface area contributed by atoms with E-state index in [9.17, 15) is 14.7 Å². The van der Waals surface area contributed by atoms with Crippen LogP contribution in [0.15, 0.2) is 48.5 Å². The Morgan fingerprint density at radius 2 is 1.70 bits per heavy atom. The van der Waals surface area contributed by atoms with Gasteiger partial charge in [-0.15, -0.1) is 0 Å². The van der Waals surface area contributed by atoms with Crippen LogP contribution in [0.2, 0.25) is 0 Å². The van der Waals surface area contributed by atoms with Crippen LogP contribution in [0.1, 0.15) is 68.8 Å². The summed E-state index contributed by atoms with van der Waals surface area (Å²) in [6, 6.07) is 13.8. The number of para-hydroxylation sites is 1. The Kier molecular flexibility index (Phi) is 10.4. The monoisotopic (exact) mass is 510 g/mol. The van der Waals surface area contributed by atoms with E-state index in [1.807, 2.05) is 45.0 Å². The number of rotatable bonds is 11. The van der Waals surface area contributed by atoms with Crippen molar-refractivity contribution >= 4 is 11.8 Å². The fourth-order valence-electron chi connectivity index (χ4n) is 4.55. The highest BCUT2D eigenvalue weighted by molar-refractivity contribution is 5.96. The van der Waals surface area contributed by atoms with E-state index in [-0.39, 0.29) is 29.9 Å². The number of phenolic OH excluding ortho intramolecular Hbond substituents is 1. The van der Waals surface area contributed by atoms with E-state index in [0.29, 0.717) is 18.9 Å². The lowest BCUT2D eigenvalue weighted by Crippen LogP contribution is -2.54. The predicted molar refractivity (Wildman–Crippen MR) is 145 cm³/mol. The first-order valence-corrected chi connectivity index (χ1v) is 13.3. The molecule has 0 radical (unpaired) electrons. The zero-order valence-corrected chi connectivity index (χ0v) is 22.6. The van der Waals surface area contributed by atoms with Crippen molar-refractivity contribution in [2.24, 2.45) is 11.3 Å². The number of hydrogen-bond acceptors (Lipinski definition) is 5. The highest BCUT2D eigenvalue weighted by Crippen LogP contribution is 2.25. The van der Waals surface area contributed by atoms with Crippen molar-refractivity contribution in [3.8, 4) is 11.5 Å². The molecular formula is C30H42N2O5. The lowest BCUT2D eigenvalue weighted by Gasteiger charge is -2.33. The Morgan fingerprint density at radius 1 is 1.03 bits per heavy atom. The minimum absolute atomic E-state index is 0.0846. The Balaban J connectivity index is 1.81. The van der Waals surface area contributed by atoms with Gasteiger partial charge in [-0.25, -0.2) is 0 Å². The standard InChI is InChI=1S/C30H42N2O5/c1-30(2,3)29(35)32-25(19-31-28(34)24-12-8-9-13-26(24)33)27(37-20-22-10-6-5-7-11-22)18-21-14-16-23(36-4)17-15-21/h8-9,12-17,22,25,27,33H,5-7,10-11,18-20H2,1-4H3,(H,31,34)(H,32,35). The molecule has 7 heteroatoms. The van der Waals surface area contributed by atoms with Gasteiger partial charge in [-0.2, -0.15) is 0 Å².